The third-order valence-corrected chi connectivity index (χ3v) is 5.34. The predicted molar refractivity (Wildman–Crippen MR) is 103 cm³/mol. The lowest BCUT2D eigenvalue weighted by molar-refractivity contribution is -0.0450. The van der Waals surface area contributed by atoms with Crippen LogP contribution < -0.4 is 0 Å². The molecule has 1 saturated carbocycles. The van der Waals surface area contributed by atoms with Crippen molar-refractivity contribution in [1.82, 2.24) is 15.0 Å². The third-order valence-electron chi connectivity index (χ3n) is 5.34. The van der Waals surface area contributed by atoms with E-state index in [9.17, 15) is 0 Å². The zero-order valence-electron chi connectivity index (χ0n) is 16.0. The van der Waals surface area contributed by atoms with Gasteiger partial charge in [0.25, 0.3) is 0 Å². The molecule has 4 nitrogen and oxygen atoms in total. The van der Waals surface area contributed by atoms with Gasteiger partial charge in [-0.3, -0.25) is 0 Å². The summed E-state index contributed by atoms with van der Waals surface area (Å²) in [7, 11) is 0. The molecule has 2 fully saturated rings. The number of ether oxygens (including phenoxy) is 1. The molecule has 2 aromatic rings. The van der Waals surface area contributed by atoms with Crippen LogP contribution in [0.25, 0.3) is 11.3 Å². The number of nitrogens with zero attached hydrogens (tertiary/aromatic N) is 3. The molecule has 1 aromatic carbocycles. The van der Waals surface area contributed by atoms with Gasteiger partial charge in [-0.05, 0) is 55.7 Å². The van der Waals surface area contributed by atoms with Crippen molar-refractivity contribution in [3.63, 3.8) is 0 Å². The normalized spacial score (nSPS) is 21.9. The van der Waals surface area contributed by atoms with Gasteiger partial charge in [-0.1, -0.05) is 37.0 Å². The first-order chi connectivity index (χ1) is 12.5. The van der Waals surface area contributed by atoms with Crippen molar-refractivity contribution in [3.05, 3.63) is 35.5 Å². The summed E-state index contributed by atoms with van der Waals surface area (Å²) in [5.74, 6) is 7.23. The number of benzene rings is 1. The van der Waals surface area contributed by atoms with Crippen LogP contribution in [0.5, 0.6) is 0 Å². The Balaban J connectivity index is 1.46. The SMILES string of the molecule is Cc1cc(C#CC2CC2)ccc1-c1cn(CC2CC(C)(C)CCO2)nn1. The number of hydrogen-bond donors (Lipinski definition) is 0. The Bertz CT molecular complexity index is 852. The van der Waals surface area contributed by atoms with E-state index < -0.39 is 0 Å². The molecular formula is C22H27N3O. The Labute approximate surface area is 155 Å². The standard InChI is InChI=1S/C22H27N3O/c1-16-12-18(7-6-17-4-5-17)8-9-20(16)21-15-25(24-23-21)14-19-13-22(2,3)10-11-26-19/h8-9,12,15,17,19H,4-5,10-11,13-14H2,1-3H3. The molecule has 2 heterocycles. The van der Waals surface area contributed by atoms with Crippen LogP contribution in [-0.4, -0.2) is 27.7 Å². The fourth-order valence-corrected chi connectivity index (χ4v) is 3.56. The summed E-state index contributed by atoms with van der Waals surface area (Å²) in [4.78, 5) is 0. The first-order valence-corrected chi connectivity index (χ1v) is 9.63. The van der Waals surface area contributed by atoms with Crippen molar-refractivity contribution < 1.29 is 4.74 Å². The van der Waals surface area contributed by atoms with Gasteiger partial charge in [0.2, 0.25) is 0 Å². The molecule has 0 radical (unpaired) electrons. The minimum Gasteiger partial charge on any atom is -0.376 e. The molecule has 1 aromatic heterocycles. The molecule has 1 saturated heterocycles. The summed E-state index contributed by atoms with van der Waals surface area (Å²) < 4.78 is 7.84. The van der Waals surface area contributed by atoms with Crippen LogP contribution in [0.15, 0.2) is 24.4 Å². The van der Waals surface area contributed by atoms with Crippen LogP contribution in [0.3, 0.4) is 0 Å². The van der Waals surface area contributed by atoms with Crippen molar-refractivity contribution in [1.29, 1.82) is 0 Å². The highest BCUT2D eigenvalue weighted by Gasteiger charge is 2.29. The Hall–Kier alpha value is -2.12. The van der Waals surface area contributed by atoms with Crippen molar-refractivity contribution in [2.24, 2.45) is 11.3 Å². The highest BCUT2D eigenvalue weighted by atomic mass is 16.5. The fourth-order valence-electron chi connectivity index (χ4n) is 3.56. The molecule has 4 rings (SSSR count). The Morgan fingerprint density at radius 3 is 2.88 bits per heavy atom. The topological polar surface area (TPSA) is 39.9 Å². The molecule has 26 heavy (non-hydrogen) atoms. The molecule has 0 bridgehead atoms. The summed E-state index contributed by atoms with van der Waals surface area (Å²) in [6.07, 6.45) is 6.96. The molecule has 1 atom stereocenters. The minimum absolute atomic E-state index is 0.217. The number of aryl methyl sites for hydroxylation is 1. The lowest BCUT2D eigenvalue weighted by Gasteiger charge is -2.35. The van der Waals surface area contributed by atoms with Gasteiger partial charge in [-0.25, -0.2) is 4.68 Å². The molecule has 136 valence electrons. The van der Waals surface area contributed by atoms with E-state index in [2.05, 4.69) is 61.1 Å². The second-order valence-electron chi connectivity index (χ2n) is 8.51. The van der Waals surface area contributed by atoms with E-state index in [4.69, 9.17) is 4.74 Å². The first-order valence-electron chi connectivity index (χ1n) is 9.63. The van der Waals surface area contributed by atoms with E-state index in [0.29, 0.717) is 11.3 Å². The van der Waals surface area contributed by atoms with E-state index in [1.54, 1.807) is 0 Å². The monoisotopic (exact) mass is 349 g/mol. The van der Waals surface area contributed by atoms with Crippen molar-refractivity contribution in [3.8, 4) is 23.1 Å². The predicted octanol–water partition coefficient (Wildman–Crippen LogP) is 4.22. The lowest BCUT2D eigenvalue weighted by Crippen LogP contribution is -2.34. The number of hydrogen-bond acceptors (Lipinski definition) is 3. The lowest BCUT2D eigenvalue weighted by atomic mass is 9.82. The summed E-state index contributed by atoms with van der Waals surface area (Å²) in [5.41, 5.74) is 4.66. The number of aromatic nitrogens is 3. The van der Waals surface area contributed by atoms with Crippen LogP contribution in [0.1, 0.15) is 50.7 Å². The maximum absolute atomic E-state index is 5.92. The van der Waals surface area contributed by atoms with Crippen molar-refractivity contribution >= 4 is 0 Å². The third kappa shape index (κ3) is 4.16. The van der Waals surface area contributed by atoms with Crippen LogP contribution >= 0.6 is 0 Å². The highest BCUT2D eigenvalue weighted by molar-refractivity contribution is 5.64. The van der Waals surface area contributed by atoms with E-state index in [-0.39, 0.29) is 6.10 Å². The van der Waals surface area contributed by atoms with Gasteiger partial charge in [-0.15, -0.1) is 5.10 Å². The van der Waals surface area contributed by atoms with Gasteiger partial charge in [-0.2, -0.15) is 0 Å². The molecule has 4 heteroatoms. The molecule has 0 amide bonds. The molecule has 2 aliphatic rings. The van der Waals surface area contributed by atoms with Gasteiger partial charge in [0, 0.05) is 23.7 Å². The molecule has 1 unspecified atom stereocenters. The van der Waals surface area contributed by atoms with Crippen molar-refractivity contribution in [2.75, 3.05) is 6.61 Å². The average molecular weight is 349 g/mol. The van der Waals surface area contributed by atoms with Gasteiger partial charge < -0.3 is 4.74 Å². The summed E-state index contributed by atoms with van der Waals surface area (Å²) in [6, 6.07) is 6.35. The van der Waals surface area contributed by atoms with Gasteiger partial charge in [0.05, 0.1) is 18.8 Å². The van der Waals surface area contributed by atoms with Gasteiger partial charge >= 0.3 is 0 Å². The Morgan fingerprint density at radius 1 is 1.31 bits per heavy atom. The average Bonchev–Trinajstić information content (AvgIpc) is 3.31. The zero-order valence-corrected chi connectivity index (χ0v) is 16.0. The van der Waals surface area contributed by atoms with Crippen LogP contribution in [0, 0.1) is 30.1 Å². The van der Waals surface area contributed by atoms with Gasteiger partial charge in [0.15, 0.2) is 0 Å². The second kappa shape index (κ2) is 6.89. The van der Waals surface area contributed by atoms with Crippen molar-refractivity contribution in [2.45, 2.75) is 59.1 Å². The molecule has 1 aliphatic carbocycles. The van der Waals surface area contributed by atoms with Crippen LogP contribution in [-0.2, 0) is 11.3 Å². The zero-order chi connectivity index (χ0) is 18.1. The summed E-state index contributed by atoms with van der Waals surface area (Å²) in [6.45, 7) is 8.34. The quantitative estimate of drug-likeness (QED) is 0.779. The Morgan fingerprint density at radius 2 is 2.15 bits per heavy atom. The van der Waals surface area contributed by atoms with Crippen LogP contribution in [0.2, 0.25) is 0 Å². The highest BCUT2D eigenvalue weighted by Crippen LogP contribution is 2.33. The maximum atomic E-state index is 5.92. The smallest absolute Gasteiger partial charge is 0.113 e. The van der Waals surface area contributed by atoms with Crippen LogP contribution in [0.4, 0.5) is 0 Å². The van der Waals surface area contributed by atoms with E-state index >= 15 is 0 Å². The molecule has 0 N–H and O–H groups in total. The largest absolute Gasteiger partial charge is 0.376 e. The fraction of sp³-hybridized carbons (Fsp3) is 0.545. The second-order valence-corrected chi connectivity index (χ2v) is 8.51. The summed E-state index contributed by atoms with van der Waals surface area (Å²) >= 11 is 0. The molecule has 1 aliphatic heterocycles. The van der Waals surface area contributed by atoms with E-state index in [0.717, 1.165) is 42.8 Å². The van der Waals surface area contributed by atoms with E-state index in [1.807, 2.05) is 10.9 Å². The summed E-state index contributed by atoms with van der Waals surface area (Å²) in [5, 5.41) is 8.71. The Kier molecular flexibility index (Phi) is 4.58. The molecular weight excluding hydrogens is 322 g/mol. The maximum Gasteiger partial charge on any atom is 0.113 e. The molecule has 0 spiro atoms. The first kappa shape index (κ1) is 17.3. The number of rotatable bonds is 3. The minimum atomic E-state index is 0.217. The van der Waals surface area contributed by atoms with Gasteiger partial charge in [0.1, 0.15) is 5.69 Å². The van der Waals surface area contributed by atoms with E-state index in [1.165, 1.54) is 18.4 Å².